The van der Waals surface area contributed by atoms with Gasteiger partial charge < -0.3 is 14.5 Å². The molecule has 0 saturated carbocycles. The molecule has 0 unspecified atom stereocenters. The normalized spacial score (nSPS) is 19.0. The van der Waals surface area contributed by atoms with Crippen LogP contribution in [0.3, 0.4) is 0 Å². The highest BCUT2D eigenvalue weighted by molar-refractivity contribution is 5.98. The number of morpholine rings is 1. The highest BCUT2D eigenvalue weighted by Crippen LogP contribution is 2.34. The van der Waals surface area contributed by atoms with Crippen LogP contribution in [0, 0.1) is 5.41 Å². The topological polar surface area (TPSA) is 32.8 Å². The predicted octanol–water partition coefficient (Wildman–Crippen LogP) is 2.85. The number of nitrogens with zero attached hydrogens (tertiary/aromatic N) is 2. The van der Waals surface area contributed by atoms with Gasteiger partial charge in [0.15, 0.2) is 0 Å². The zero-order chi connectivity index (χ0) is 15.7. The maximum absolute atomic E-state index is 12.8. The van der Waals surface area contributed by atoms with E-state index in [0.29, 0.717) is 0 Å². The Balaban J connectivity index is 1.92. The first kappa shape index (κ1) is 15.3. The highest BCUT2D eigenvalue weighted by atomic mass is 16.5. The maximum atomic E-state index is 12.8. The van der Waals surface area contributed by atoms with Crippen molar-refractivity contribution in [1.29, 1.82) is 0 Å². The SMILES string of the molecule is CC(C)(C)C(=O)N1CCCc2ccc(N3CCOCC3)cc21. The van der Waals surface area contributed by atoms with Crippen molar-refractivity contribution in [2.45, 2.75) is 33.6 Å². The number of carbonyl (C=O) groups is 1. The summed E-state index contributed by atoms with van der Waals surface area (Å²) in [5.41, 5.74) is 3.26. The first-order valence-corrected chi connectivity index (χ1v) is 8.24. The number of fused-ring (bicyclic) bond motifs is 1. The van der Waals surface area contributed by atoms with Crippen LogP contribution in [0.15, 0.2) is 18.2 Å². The monoisotopic (exact) mass is 302 g/mol. The van der Waals surface area contributed by atoms with Crippen molar-refractivity contribution in [2.75, 3.05) is 42.6 Å². The molecule has 22 heavy (non-hydrogen) atoms. The lowest BCUT2D eigenvalue weighted by molar-refractivity contribution is -0.125. The summed E-state index contributed by atoms with van der Waals surface area (Å²) in [7, 11) is 0. The van der Waals surface area contributed by atoms with E-state index in [1.54, 1.807) is 0 Å². The van der Waals surface area contributed by atoms with Crippen LogP contribution in [0.2, 0.25) is 0 Å². The number of amides is 1. The molecule has 4 nitrogen and oxygen atoms in total. The Kier molecular flexibility index (Phi) is 4.13. The first-order chi connectivity index (χ1) is 10.5. The molecule has 2 heterocycles. The summed E-state index contributed by atoms with van der Waals surface area (Å²) in [5, 5.41) is 0. The second-order valence-corrected chi connectivity index (χ2v) is 7.22. The van der Waals surface area contributed by atoms with Crippen LogP contribution < -0.4 is 9.80 Å². The summed E-state index contributed by atoms with van der Waals surface area (Å²) < 4.78 is 5.43. The number of carbonyl (C=O) groups excluding carboxylic acids is 1. The van der Waals surface area contributed by atoms with Crippen molar-refractivity contribution in [2.24, 2.45) is 5.41 Å². The second-order valence-electron chi connectivity index (χ2n) is 7.22. The Morgan fingerprint density at radius 1 is 1.14 bits per heavy atom. The van der Waals surface area contributed by atoms with Crippen molar-refractivity contribution in [1.82, 2.24) is 0 Å². The zero-order valence-electron chi connectivity index (χ0n) is 13.9. The van der Waals surface area contributed by atoms with Crippen LogP contribution in [0.25, 0.3) is 0 Å². The van der Waals surface area contributed by atoms with Crippen LogP contribution in [-0.2, 0) is 16.0 Å². The quantitative estimate of drug-likeness (QED) is 0.800. The third-order valence-electron chi connectivity index (χ3n) is 4.45. The summed E-state index contributed by atoms with van der Waals surface area (Å²) >= 11 is 0. The molecule has 0 aromatic heterocycles. The predicted molar refractivity (Wildman–Crippen MR) is 89.6 cm³/mol. The molecule has 0 aliphatic carbocycles. The van der Waals surface area contributed by atoms with E-state index in [2.05, 4.69) is 23.1 Å². The number of anilines is 2. The molecule has 0 N–H and O–H groups in total. The number of hydrogen-bond donors (Lipinski definition) is 0. The number of benzene rings is 1. The molecule has 120 valence electrons. The Bertz CT molecular complexity index is 557. The van der Waals surface area contributed by atoms with E-state index in [9.17, 15) is 4.79 Å². The van der Waals surface area contributed by atoms with Crippen LogP contribution in [-0.4, -0.2) is 38.8 Å². The first-order valence-electron chi connectivity index (χ1n) is 8.24. The number of aryl methyl sites for hydroxylation is 1. The van der Waals surface area contributed by atoms with Crippen molar-refractivity contribution < 1.29 is 9.53 Å². The van der Waals surface area contributed by atoms with E-state index < -0.39 is 0 Å². The van der Waals surface area contributed by atoms with Gasteiger partial charge in [-0.1, -0.05) is 26.8 Å². The largest absolute Gasteiger partial charge is 0.378 e. The molecule has 2 aliphatic rings. The Morgan fingerprint density at radius 3 is 2.55 bits per heavy atom. The Labute approximate surface area is 133 Å². The van der Waals surface area contributed by atoms with Crippen LogP contribution in [0.5, 0.6) is 0 Å². The Hall–Kier alpha value is -1.55. The molecular formula is C18H26N2O2. The summed E-state index contributed by atoms with van der Waals surface area (Å²) in [5.74, 6) is 0.215. The van der Waals surface area contributed by atoms with E-state index in [4.69, 9.17) is 4.74 Å². The fourth-order valence-electron chi connectivity index (χ4n) is 3.20. The van der Waals surface area contributed by atoms with E-state index in [0.717, 1.165) is 51.4 Å². The minimum absolute atomic E-state index is 0.215. The summed E-state index contributed by atoms with van der Waals surface area (Å²) in [6.07, 6.45) is 2.11. The van der Waals surface area contributed by atoms with Crippen molar-refractivity contribution >= 4 is 17.3 Å². The standard InChI is InChI=1S/C18H26N2O2/c1-18(2,3)17(21)20-8-4-5-14-6-7-15(13-16(14)20)19-9-11-22-12-10-19/h6-7,13H,4-5,8-12H2,1-3H3. The summed E-state index contributed by atoms with van der Waals surface area (Å²) in [4.78, 5) is 17.1. The lowest BCUT2D eigenvalue weighted by Gasteiger charge is -2.36. The highest BCUT2D eigenvalue weighted by Gasteiger charge is 2.31. The summed E-state index contributed by atoms with van der Waals surface area (Å²) in [6, 6.07) is 6.58. The molecule has 0 atom stereocenters. The maximum Gasteiger partial charge on any atom is 0.232 e. The molecule has 0 spiro atoms. The van der Waals surface area contributed by atoms with E-state index >= 15 is 0 Å². The fourth-order valence-corrected chi connectivity index (χ4v) is 3.20. The molecule has 4 heteroatoms. The van der Waals surface area contributed by atoms with Gasteiger partial charge in [-0.2, -0.15) is 0 Å². The van der Waals surface area contributed by atoms with Crippen molar-refractivity contribution in [3.8, 4) is 0 Å². The van der Waals surface area contributed by atoms with Gasteiger partial charge in [-0.25, -0.2) is 0 Å². The zero-order valence-corrected chi connectivity index (χ0v) is 13.9. The molecule has 1 saturated heterocycles. The number of ether oxygens (including phenoxy) is 1. The van der Waals surface area contributed by atoms with Crippen LogP contribution in [0.4, 0.5) is 11.4 Å². The van der Waals surface area contributed by atoms with Crippen LogP contribution in [0.1, 0.15) is 32.8 Å². The molecule has 1 aromatic rings. The van der Waals surface area contributed by atoms with Gasteiger partial charge in [-0.05, 0) is 30.5 Å². The van der Waals surface area contributed by atoms with E-state index in [1.165, 1.54) is 11.3 Å². The molecule has 1 amide bonds. The lowest BCUT2D eigenvalue weighted by Crippen LogP contribution is -2.42. The molecule has 0 bridgehead atoms. The number of hydrogen-bond acceptors (Lipinski definition) is 3. The van der Waals surface area contributed by atoms with Gasteiger partial charge in [0, 0.05) is 36.4 Å². The molecule has 1 fully saturated rings. The average molecular weight is 302 g/mol. The molecule has 0 radical (unpaired) electrons. The van der Waals surface area contributed by atoms with Gasteiger partial charge in [0.25, 0.3) is 0 Å². The molecule has 2 aliphatic heterocycles. The van der Waals surface area contributed by atoms with Crippen molar-refractivity contribution in [3.05, 3.63) is 23.8 Å². The second kappa shape index (κ2) is 5.92. The van der Waals surface area contributed by atoms with Crippen LogP contribution >= 0.6 is 0 Å². The smallest absolute Gasteiger partial charge is 0.232 e. The fraction of sp³-hybridized carbons (Fsp3) is 0.611. The van der Waals surface area contributed by atoms with E-state index in [-0.39, 0.29) is 11.3 Å². The van der Waals surface area contributed by atoms with E-state index in [1.807, 2.05) is 25.7 Å². The van der Waals surface area contributed by atoms with Gasteiger partial charge in [0.1, 0.15) is 0 Å². The van der Waals surface area contributed by atoms with Crippen molar-refractivity contribution in [3.63, 3.8) is 0 Å². The number of rotatable bonds is 1. The minimum atomic E-state index is -0.344. The van der Waals surface area contributed by atoms with Gasteiger partial charge in [-0.15, -0.1) is 0 Å². The van der Waals surface area contributed by atoms with Gasteiger partial charge in [0.2, 0.25) is 5.91 Å². The lowest BCUT2D eigenvalue weighted by atomic mass is 9.92. The third-order valence-corrected chi connectivity index (χ3v) is 4.45. The summed E-state index contributed by atoms with van der Waals surface area (Å²) in [6.45, 7) is 10.2. The third kappa shape index (κ3) is 2.98. The average Bonchev–Trinajstić information content (AvgIpc) is 2.53. The molecule has 3 rings (SSSR count). The Morgan fingerprint density at radius 2 is 1.86 bits per heavy atom. The van der Waals surface area contributed by atoms with Gasteiger partial charge in [-0.3, -0.25) is 4.79 Å². The minimum Gasteiger partial charge on any atom is -0.378 e. The van der Waals surface area contributed by atoms with Gasteiger partial charge in [0.05, 0.1) is 13.2 Å². The van der Waals surface area contributed by atoms with Gasteiger partial charge >= 0.3 is 0 Å². The molecular weight excluding hydrogens is 276 g/mol. The molecule has 1 aromatic carbocycles.